The zero-order valence-electron chi connectivity index (χ0n) is 14.0. The Morgan fingerprint density at radius 1 is 1.41 bits per heavy atom. The first-order chi connectivity index (χ1) is 10.4. The molecule has 1 aromatic heterocycles. The summed E-state index contributed by atoms with van der Waals surface area (Å²) in [6.07, 6.45) is 1.62. The average molecular weight is 302 g/mol. The van der Waals surface area contributed by atoms with Crippen LogP contribution in [0.1, 0.15) is 50.1 Å². The molecule has 1 aromatic rings. The number of nitrogens with two attached hydrogens (primary N) is 1. The molecule has 0 aliphatic carbocycles. The third-order valence-electron chi connectivity index (χ3n) is 3.86. The fraction of sp³-hybridized carbons (Fsp3) is 0.647. The van der Waals surface area contributed by atoms with Crippen LogP contribution in [0.15, 0.2) is 0 Å². The predicted molar refractivity (Wildman–Crippen MR) is 87.6 cm³/mol. The molecule has 5 nitrogen and oxygen atoms in total. The van der Waals surface area contributed by atoms with Crippen LogP contribution in [0.3, 0.4) is 0 Å². The number of aromatic nitrogens is 1. The van der Waals surface area contributed by atoms with Gasteiger partial charge < -0.3 is 15.8 Å². The minimum absolute atomic E-state index is 0.250. The van der Waals surface area contributed by atoms with Crippen molar-refractivity contribution in [1.82, 2.24) is 4.98 Å². The smallest absolute Gasteiger partial charge is 0.144 e. The number of anilines is 1. The predicted octanol–water partition coefficient (Wildman–Crippen LogP) is 2.37. The molecule has 22 heavy (non-hydrogen) atoms. The normalized spacial score (nSPS) is 16.2. The van der Waals surface area contributed by atoms with E-state index in [0.29, 0.717) is 37.0 Å². The Bertz CT molecular complexity index is 587. The quantitative estimate of drug-likeness (QED) is 0.872. The summed E-state index contributed by atoms with van der Waals surface area (Å²) < 4.78 is 5.94. The van der Waals surface area contributed by atoms with Crippen LogP contribution < -0.4 is 11.1 Å². The molecule has 0 bridgehead atoms. The first-order valence-corrected chi connectivity index (χ1v) is 7.90. The summed E-state index contributed by atoms with van der Waals surface area (Å²) in [7, 11) is 0. The molecule has 0 amide bonds. The largest absolute Gasteiger partial charge is 0.370 e. The fourth-order valence-corrected chi connectivity index (χ4v) is 2.83. The SMILES string of the molecule is CC(C)Cc1nc(NCCN)c(C#N)c2c1COC(C)(C)C2. The van der Waals surface area contributed by atoms with E-state index < -0.39 is 0 Å². The average Bonchev–Trinajstić information content (AvgIpc) is 2.43. The molecule has 0 spiro atoms. The number of pyridine rings is 1. The highest BCUT2D eigenvalue weighted by Gasteiger charge is 2.31. The number of nitriles is 1. The Morgan fingerprint density at radius 3 is 2.73 bits per heavy atom. The topological polar surface area (TPSA) is 84.0 Å². The summed E-state index contributed by atoms with van der Waals surface area (Å²) in [6, 6.07) is 2.33. The van der Waals surface area contributed by atoms with Crippen molar-refractivity contribution in [2.75, 3.05) is 18.4 Å². The zero-order chi connectivity index (χ0) is 16.3. The van der Waals surface area contributed by atoms with Gasteiger partial charge in [-0.25, -0.2) is 4.98 Å². The standard InChI is InChI=1S/C17H26N4O/c1-11(2)7-15-14-10-22-17(3,4)8-12(14)13(9-19)16(21-15)20-6-5-18/h11H,5-8,10,18H2,1-4H3,(H,20,21). The lowest BCUT2D eigenvalue weighted by Crippen LogP contribution is -2.34. The zero-order valence-corrected chi connectivity index (χ0v) is 14.0. The van der Waals surface area contributed by atoms with Crippen LogP contribution in [-0.2, 0) is 24.2 Å². The lowest BCUT2D eigenvalue weighted by molar-refractivity contribution is -0.0407. The van der Waals surface area contributed by atoms with Gasteiger partial charge in [0.15, 0.2) is 0 Å². The molecule has 1 aliphatic rings. The Kier molecular flexibility index (Phi) is 5.05. The molecule has 0 atom stereocenters. The van der Waals surface area contributed by atoms with Crippen LogP contribution in [0.5, 0.6) is 0 Å². The molecular formula is C17H26N4O. The number of fused-ring (bicyclic) bond motifs is 1. The van der Waals surface area contributed by atoms with E-state index in [4.69, 9.17) is 15.5 Å². The summed E-state index contributed by atoms with van der Waals surface area (Å²) >= 11 is 0. The van der Waals surface area contributed by atoms with Crippen molar-refractivity contribution in [2.24, 2.45) is 11.7 Å². The van der Waals surface area contributed by atoms with Gasteiger partial charge in [-0.05, 0) is 31.7 Å². The highest BCUT2D eigenvalue weighted by Crippen LogP contribution is 2.34. The van der Waals surface area contributed by atoms with E-state index in [2.05, 4.69) is 39.1 Å². The van der Waals surface area contributed by atoms with Crippen molar-refractivity contribution in [2.45, 2.75) is 52.7 Å². The van der Waals surface area contributed by atoms with E-state index in [-0.39, 0.29) is 5.60 Å². The van der Waals surface area contributed by atoms with Gasteiger partial charge in [0, 0.05) is 30.8 Å². The summed E-state index contributed by atoms with van der Waals surface area (Å²) in [5.74, 6) is 1.17. The van der Waals surface area contributed by atoms with Gasteiger partial charge in [-0.15, -0.1) is 0 Å². The molecule has 120 valence electrons. The summed E-state index contributed by atoms with van der Waals surface area (Å²) in [6.45, 7) is 10.1. The van der Waals surface area contributed by atoms with E-state index in [1.165, 1.54) is 0 Å². The van der Waals surface area contributed by atoms with Crippen LogP contribution in [0, 0.1) is 17.2 Å². The number of nitrogens with zero attached hydrogens (tertiary/aromatic N) is 2. The van der Waals surface area contributed by atoms with Crippen LogP contribution in [0.2, 0.25) is 0 Å². The molecule has 0 saturated carbocycles. The Balaban J connectivity index is 2.55. The van der Waals surface area contributed by atoms with Crippen LogP contribution in [0.25, 0.3) is 0 Å². The maximum atomic E-state index is 9.61. The van der Waals surface area contributed by atoms with Crippen LogP contribution >= 0.6 is 0 Å². The number of rotatable bonds is 5. The number of ether oxygens (including phenoxy) is 1. The number of hydrogen-bond donors (Lipinski definition) is 2. The highest BCUT2D eigenvalue weighted by molar-refractivity contribution is 5.60. The molecule has 1 aliphatic heterocycles. The third-order valence-corrected chi connectivity index (χ3v) is 3.86. The molecule has 0 fully saturated rings. The van der Waals surface area contributed by atoms with Gasteiger partial charge in [0.2, 0.25) is 0 Å². The van der Waals surface area contributed by atoms with Gasteiger partial charge in [0.1, 0.15) is 11.9 Å². The van der Waals surface area contributed by atoms with Gasteiger partial charge in [0.25, 0.3) is 0 Å². The Morgan fingerprint density at radius 2 is 2.14 bits per heavy atom. The van der Waals surface area contributed by atoms with Crippen molar-refractivity contribution in [1.29, 1.82) is 5.26 Å². The van der Waals surface area contributed by atoms with E-state index >= 15 is 0 Å². The number of hydrogen-bond acceptors (Lipinski definition) is 5. The summed E-state index contributed by atoms with van der Waals surface area (Å²) in [5, 5.41) is 12.8. The van der Waals surface area contributed by atoms with Gasteiger partial charge in [-0.3, -0.25) is 0 Å². The van der Waals surface area contributed by atoms with E-state index in [9.17, 15) is 5.26 Å². The van der Waals surface area contributed by atoms with E-state index in [1.54, 1.807) is 0 Å². The lowest BCUT2D eigenvalue weighted by atomic mass is 9.87. The summed E-state index contributed by atoms with van der Waals surface area (Å²) in [4.78, 5) is 4.71. The monoisotopic (exact) mass is 302 g/mol. The van der Waals surface area contributed by atoms with Gasteiger partial charge in [-0.1, -0.05) is 13.8 Å². The second-order valence-corrected chi connectivity index (χ2v) is 6.89. The van der Waals surface area contributed by atoms with Crippen LogP contribution in [0.4, 0.5) is 5.82 Å². The van der Waals surface area contributed by atoms with Crippen molar-refractivity contribution < 1.29 is 4.74 Å². The van der Waals surface area contributed by atoms with Crippen LogP contribution in [-0.4, -0.2) is 23.7 Å². The third kappa shape index (κ3) is 3.57. The fourth-order valence-electron chi connectivity index (χ4n) is 2.83. The lowest BCUT2D eigenvalue weighted by Gasteiger charge is -2.34. The van der Waals surface area contributed by atoms with Crippen molar-refractivity contribution >= 4 is 5.82 Å². The molecule has 0 saturated heterocycles. The van der Waals surface area contributed by atoms with E-state index in [1.807, 2.05) is 0 Å². The molecule has 0 radical (unpaired) electrons. The van der Waals surface area contributed by atoms with Crippen molar-refractivity contribution in [3.63, 3.8) is 0 Å². The number of nitrogens with one attached hydrogen (secondary N) is 1. The minimum Gasteiger partial charge on any atom is -0.370 e. The second-order valence-electron chi connectivity index (χ2n) is 6.89. The van der Waals surface area contributed by atoms with Crippen molar-refractivity contribution in [3.05, 3.63) is 22.4 Å². The molecule has 0 unspecified atom stereocenters. The molecule has 3 N–H and O–H groups in total. The molecule has 2 rings (SSSR count). The Labute approximate surface area is 132 Å². The van der Waals surface area contributed by atoms with Crippen molar-refractivity contribution in [3.8, 4) is 6.07 Å². The molecule has 5 heteroatoms. The minimum atomic E-state index is -0.250. The molecular weight excluding hydrogens is 276 g/mol. The van der Waals surface area contributed by atoms with Gasteiger partial charge in [-0.2, -0.15) is 5.26 Å². The van der Waals surface area contributed by atoms with Gasteiger partial charge >= 0.3 is 0 Å². The Hall–Kier alpha value is -1.64. The molecule has 2 heterocycles. The van der Waals surface area contributed by atoms with E-state index in [0.717, 1.165) is 29.7 Å². The maximum absolute atomic E-state index is 9.61. The van der Waals surface area contributed by atoms with Gasteiger partial charge in [0.05, 0.1) is 17.8 Å². The maximum Gasteiger partial charge on any atom is 0.144 e. The first kappa shape index (κ1) is 16.7. The highest BCUT2D eigenvalue weighted by atomic mass is 16.5. The summed E-state index contributed by atoms with van der Waals surface area (Å²) in [5.41, 5.74) is 9.20. The first-order valence-electron chi connectivity index (χ1n) is 7.90. The second kappa shape index (κ2) is 6.64. The molecule has 0 aromatic carbocycles.